The summed E-state index contributed by atoms with van der Waals surface area (Å²) in [6, 6.07) is 16.6. The van der Waals surface area contributed by atoms with E-state index in [2.05, 4.69) is 46.8 Å². The number of benzene rings is 2. The Kier molecular flexibility index (Phi) is 3.27. The van der Waals surface area contributed by atoms with Gasteiger partial charge in [0.2, 0.25) is 0 Å². The Morgan fingerprint density at radius 2 is 1.92 bits per heavy atom. The Morgan fingerprint density at radius 3 is 2.77 bits per heavy atom. The Morgan fingerprint density at radius 1 is 1.12 bits per heavy atom. The lowest BCUT2D eigenvalue weighted by molar-refractivity contribution is 0.103. The van der Waals surface area contributed by atoms with Gasteiger partial charge in [0.25, 0.3) is 5.91 Å². The number of aryl methyl sites for hydroxylation is 2. The van der Waals surface area contributed by atoms with Gasteiger partial charge in [-0.3, -0.25) is 9.48 Å². The molecule has 0 atom stereocenters. The van der Waals surface area contributed by atoms with Crippen LogP contribution in [0.25, 0.3) is 21.3 Å². The highest BCUT2D eigenvalue weighted by molar-refractivity contribution is 7.20. The second kappa shape index (κ2) is 5.54. The van der Waals surface area contributed by atoms with Crippen molar-refractivity contribution in [3.63, 3.8) is 0 Å². The van der Waals surface area contributed by atoms with Crippen molar-refractivity contribution >= 4 is 33.1 Å². The van der Waals surface area contributed by atoms with Crippen molar-refractivity contribution in [1.82, 2.24) is 9.78 Å². The first-order valence-electron chi connectivity index (χ1n) is 8.56. The number of thiophene rings is 1. The lowest BCUT2D eigenvalue weighted by Crippen LogP contribution is -2.10. The van der Waals surface area contributed by atoms with E-state index in [1.54, 1.807) is 0 Å². The molecule has 4 aromatic rings. The molecule has 0 bridgehead atoms. The quantitative estimate of drug-likeness (QED) is 0.494. The van der Waals surface area contributed by atoms with Crippen molar-refractivity contribution in [2.75, 3.05) is 5.32 Å². The Labute approximate surface area is 155 Å². The second-order valence-electron chi connectivity index (χ2n) is 6.70. The van der Waals surface area contributed by atoms with Crippen LogP contribution in [0.4, 0.5) is 5.69 Å². The number of rotatable bonds is 2. The topological polar surface area (TPSA) is 46.9 Å². The van der Waals surface area contributed by atoms with Gasteiger partial charge >= 0.3 is 0 Å². The van der Waals surface area contributed by atoms with E-state index in [0.29, 0.717) is 4.88 Å². The zero-order valence-electron chi connectivity index (χ0n) is 14.5. The number of hydrogen-bond donors (Lipinski definition) is 1. The van der Waals surface area contributed by atoms with Crippen LogP contribution >= 0.6 is 11.3 Å². The van der Waals surface area contributed by atoms with Crippen molar-refractivity contribution in [2.24, 2.45) is 7.05 Å². The van der Waals surface area contributed by atoms with Gasteiger partial charge < -0.3 is 5.32 Å². The van der Waals surface area contributed by atoms with Gasteiger partial charge in [0.1, 0.15) is 4.83 Å². The van der Waals surface area contributed by atoms with Gasteiger partial charge in [-0.25, -0.2) is 0 Å². The zero-order valence-corrected chi connectivity index (χ0v) is 15.4. The monoisotopic (exact) mass is 359 g/mol. The maximum Gasteiger partial charge on any atom is 0.265 e. The average molecular weight is 359 g/mol. The third-order valence-electron chi connectivity index (χ3n) is 4.97. The van der Waals surface area contributed by atoms with Gasteiger partial charge in [0.15, 0.2) is 0 Å². The first kappa shape index (κ1) is 15.3. The van der Waals surface area contributed by atoms with Crippen LogP contribution in [0.15, 0.2) is 48.5 Å². The van der Waals surface area contributed by atoms with E-state index in [4.69, 9.17) is 0 Å². The maximum absolute atomic E-state index is 12.7. The first-order chi connectivity index (χ1) is 12.6. The van der Waals surface area contributed by atoms with Gasteiger partial charge in [-0.2, -0.15) is 5.10 Å². The normalized spacial score (nSPS) is 12.2. The molecule has 5 heteroatoms. The van der Waals surface area contributed by atoms with Gasteiger partial charge in [0.05, 0.1) is 10.6 Å². The highest BCUT2D eigenvalue weighted by Gasteiger charge is 2.19. The van der Waals surface area contributed by atoms with E-state index < -0.39 is 0 Å². The van der Waals surface area contributed by atoms with E-state index in [-0.39, 0.29) is 5.91 Å². The largest absolute Gasteiger partial charge is 0.321 e. The molecule has 0 saturated carbocycles. The molecular formula is C21H17N3OS. The van der Waals surface area contributed by atoms with E-state index in [1.165, 1.54) is 33.6 Å². The number of carbonyl (C=O) groups excluding carboxylic acids is 1. The molecule has 2 heterocycles. The molecule has 1 aliphatic rings. The van der Waals surface area contributed by atoms with Crippen LogP contribution in [0.5, 0.6) is 0 Å². The molecule has 1 aliphatic carbocycles. The molecule has 2 aromatic heterocycles. The number of aromatic nitrogens is 2. The van der Waals surface area contributed by atoms with Crippen molar-refractivity contribution in [3.05, 3.63) is 70.2 Å². The molecule has 5 rings (SSSR count). The number of fused-ring (bicyclic) bond motifs is 4. The molecule has 1 amide bonds. The highest BCUT2D eigenvalue weighted by atomic mass is 32.1. The van der Waals surface area contributed by atoms with Crippen LogP contribution in [-0.2, 0) is 13.5 Å². The van der Waals surface area contributed by atoms with Crippen molar-refractivity contribution in [1.29, 1.82) is 0 Å². The fourth-order valence-corrected chi connectivity index (χ4v) is 4.75. The van der Waals surface area contributed by atoms with Crippen molar-refractivity contribution < 1.29 is 4.79 Å². The Bertz CT molecular complexity index is 1150. The van der Waals surface area contributed by atoms with Crippen LogP contribution in [0.1, 0.15) is 26.5 Å². The van der Waals surface area contributed by atoms with E-state index in [0.717, 1.165) is 28.0 Å². The third-order valence-corrected chi connectivity index (χ3v) is 6.17. The second-order valence-corrected chi connectivity index (χ2v) is 7.73. The summed E-state index contributed by atoms with van der Waals surface area (Å²) in [4.78, 5) is 14.4. The van der Waals surface area contributed by atoms with Gasteiger partial charge in [0, 0.05) is 18.1 Å². The third kappa shape index (κ3) is 2.28. The van der Waals surface area contributed by atoms with Gasteiger partial charge in [-0.05, 0) is 53.8 Å². The zero-order chi connectivity index (χ0) is 17.8. The Balaban J connectivity index is 1.43. The summed E-state index contributed by atoms with van der Waals surface area (Å²) in [5.41, 5.74) is 6.97. The molecular weight excluding hydrogens is 342 g/mol. The molecule has 4 nitrogen and oxygen atoms in total. The van der Waals surface area contributed by atoms with Gasteiger partial charge in [-0.15, -0.1) is 11.3 Å². The number of amides is 1. The predicted octanol–water partition coefficient (Wildman–Crippen LogP) is 4.77. The molecule has 0 unspecified atom stereocenters. The fourth-order valence-electron chi connectivity index (χ4n) is 3.73. The predicted molar refractivity (Wildman–Crippen MR) is 106 cm³/mol. The van der Waals surface area contributed by atoms with E-state index in [9.17, 15) is 4.79 Å². The molecule has 0 fully saturated rings. The lowest BCUT2D eigenvalue weighted by atomic mass is 10.1. The molecule has 128 valence electrons. The number of nitrogens with zero attached hydrogens (tertiary/aromatic N) is 2. The summed E-state index contributed by atoms with van der Waals surface area (Å²) in [6.45, 7) is 1.97. The molecule has 0 spiro atoms. The summed E-state index contributed by atoms with van der Waals surface area (Å²) in [5.74, 6) is -0.0685. The minimum Gasteiger partial charge on any atom is -0.321 e. The van der Waals surface area contributed by atoms with Crippen LogP contribution in [-0.4, -0.2) is 15.7 Å². The fraction of sp³-hybridized carbons (Fsp3) is 0.143. The van der Waals surface area contributed by atoms with Crippen LogP contribution in [0, 0.1) is 6.92 Å². The number of anilines is 1. The van der Waals surface area contributed by atoms with Crippen LogP contribution in [0.2, 0.25) is 0 Å². The highest BCUT2D eigenvalue weighted by Crippen LogP contribution is 2.37. The lowest BCUT2D eigenvalue weighted by Gasteiger charge is -2.07. The summed E-state index contributed by atoms with van der Waals surface area (Å²) < 4.78 is 1.83. The molecule has 26 heavy (non-hydrogen) atoms. The summed E-state index contributed by atoms with van der Waals surface area (Å²) in [7, 11) is 1.91. The maximum atomic E-state index is 12.7. The standard InChI is InChI=1S/C21H17N3OS/c1-12-18-11-19(26-21(18)24(2)23-12)20(25)22-15-7-8-17-14(10-15)9-13-5-3-4-6-16(13)17/h3-8,10-11H,9H2,1-2H3,(H,22,25). The molecule has 2 aromatic carbocycles. The molecule has 0 aliphatic heterocycles. The SMILES string of the molecule is Cc1nn(C)c2sc(C(=O)Nc3ccc4c(c3)Cc3ccccc3-4)cc12. The smallest absolute Gasteiger partial charge is 0.265 e. The number of nitrogens with one attached hydrogen (secondary N) is 1. The van der Waals surface area contributed by atoms with Crippen molar-refractivity contribution in [2.45, 2.75) is 13.3 Å². The van der Waals surface area contributed by atoms with Crippen LogP contribution in [0.3, 0.4) is 0 Å². The minimum absolute atomic E-state index is 0.0685. The summed E-state index contributed by atoms with van der Waals surface area (Å²) in [6.07, 6.45) is 0.920. The average Bonchev–Trinajstić information content (AvgIpc) is 3.29. The summed E-state index contributed by atoms with van der Waals surface area (Å²) >= 11 is 1.48. The number of hydrogen-bond acceptors (Lipinski definition) is 3. The minimum atomic E-state index is -0.0685. The molecule has 0 radical (unpaired) electrons. The molecule has 0 saturated heterocycles. The Hall–Kier alpha value is -2.92. The van der Waals surface area contributed by atoms with E-state index in [1.807, 2.05) is 30.8 Å². The van der Waals surface area contributed by atoms with Gasteiger partial charge in [-0.1, -0.05) is 30.3 Å². The first-order valence-corrected chi connectivity index (χ1v) is 9.37. The molecule has 1 N–H and O–H groups in total. The number of carbonyl (C=O) groups is 1. The van der Waals surface area contributed by atoms with Crippen molar-refractivity contribution in [3.8, 4) is 11.1 Å². The van der Waals surface area contributed by atoms with E-state index >= 15 is 0 Å². The van der Waals surface area contributed by atoms with Crippen LogP contribution < -0.4 is 5.32 Å². The summed E-state index contributed by atoms with van der Waals surface area (Å²) in [5, 5.41) is 8.48.